The van der Waals surface area contributed by atoms with Crippen LogP contribution >= 0.6 is 11.8 Å². The SMILES string of the molecule is CCOc1ccc([C@H]2N(C(C)=O)c3ccccc3-c3c(=O)[nH]c(SC)n[n+]32)cc1C. The first-order chi connectivity index (χ1) is 14.5. The van der Waals surface area contributed by atoms with Gasteiger partial charge in [-0.15, -0.1) is 0 Å². The van der Waals surface area contributed by atoms with Gasteiger partial charge in [0.2, 0.25) is 11.1 Å². The molecule has 1 amide bonds. The number of hydrogen-bond acceptors (Lipinski definition) is 5. The monoisotopic (exact) mass is 423 g/mol. The maximum absolute atomic E-state index is 13.0. The highest BCUT2D eigenvalue weighted by Gasteiger charge is 2.44. The van der Waals surface area contributed by atoms with Crippen molar-refractivity contribution < 1.29 is 14.2 Å². The van der Waals surface area contributed by atoms with Gasteiger partial charge in [-0.2, -0.15) is 0 Å². The van der Waals surface area contributed by atoms with Crippen LogP contribution in [0.3, 0.4) is 0 Å². The van der Waals surface area contributed by atoms with Crippen molar-refractivity contribution in [1.82, 2.24) is 10.1 Å². The molecule has 1 aliphatic heterocycles. The summed E-state index contributed by atoms with van der Waals surface area (Å²) < 4.78 is 7.33. The fourth-order valence-corrected chi connectivity index (χ4v) is 4.22. The third-order valence-electron chi connectivity index (χ3n) is 5.09. The maximum Gasteiger partial charge on any atom is 0.325 e. The molecule has 0 radical (unpaired) electrons. The van der Waals surface area contributed by atoms with E-state index >= 15 is 0 Å². The highest BCUT2D eigenvalue weighted by atomic mass is 32.2. The van der Waals surface area contributed by atoms with Crippen LogP contribution in [0.1, 0.15) is 31.1 Å². The summed E-state index contributed by atoms with van der Waals surface area (Å²) in [7, 11) is 0. The number of hydrogen-bond donors (Lipinski definition) is 1. The zero-order chi connectivity index (χ0) is 21.4. The number of aromatic amines is 1. The number of fused-ring (bicyclic) bond motifs is 3. The first-order valence-electron chi connectivity index (χ1n) is 9.69. The number of nitrogens with one attached hydrogen (secondary N) is 1. The molecule has 7 nitrogen and oxygen atoms in total. The van der Waals surface area contributed by atoms with Crippen molar-refractivity contribution in [2.24, 2.45) is 0 Å². The first kappa shape index (κ1) is 20.2. The smallest absolute Gasteiger partial charge is 0.325 e. The molecule has 0 saturated heterocycles. The topological polar surface area (TPSA) is 79.2 Å². The van der Waals surface area contributed by atoms with Gasteiger partial charge >= 0.3 is 11.3 Å². The highest BCUT2D eigenvalue weighted by molar-refractivity contribution is 7.98. The van der Waals surface area contributed by atoms with E-state index < -0.39 is 6.17 Å². The second-order valence-corrected chi connectivity index (χ2v) is 7.79. The molecule has 0 bridgehead atoms. The summed E-state index contributed by atoms with van der Waals surface area (Å²) in [5.41, 5.74) is 3.35. The number of rotatable bonds is 4. The van der Waals surface area contributed by atoms with Gasteiger partial charge < -0.3 is 4.74 Å². The quantitative estimate of drug-likeness (QED) is 0.515. The van der Waals surface area contributed by atoms with Crippen LogP contribution in [0.2, 0.25) is 0 Å². The van der Waals surface area contributed by atoms with Crippen molar-refractivity contribution >= 4 is 23.4 Å². The predicted molar refractivity (Wildman–Crippen MR) is 116 cm³/mol. The van der Waals surface area contributed by atoms with Crippen LogP contribution in [-0.4, -0.2) is 28.9 Å². The van der Waals surface area contributed by atoms with E-state index in [0.717, 1.165) is 16.9 Å². The fraction of sp³-hybridized carbons (Fsp3) is 0.273. The van der Waals surface area contributed by atoms with Crippen LogP contribution in [0.15, 0.2) is 52.4 Å². The fourth-order valence-electron chi connectivity index (χ4n) is 3.86. The molecular formula is C22H23N4O3S+. The Morgan fingerprint density at radius 2 is 2.07 bits per heavy atom. The van der Waals surface area contributed by atoms with Crippen LogP contribution < -0.4 is 19.9 Å². The number of aromatic nitrogens is 3. The molecule has 1 aliphatic rings. The molecule has 0 aliphatic carbocycles. The van der Waals surface area contributed by atoms with Crippen molar-refractivity contribution in [3.8, 4) is 17.0 Å². The number of nitrogens with zero attached hydrogens (tertiary/aromatic N) is 3. The third-order valence-corrected chi connectivity index (χ3v) is 5.66. The average molecular weight is 424 g/mol. The lowest BCUT2D eigenvalue weighted by Gasteiger charge is -2.31. The number of benzene rings is 2. The summed E-state index contributed by atoms with van der Waals surface area (Å²) in [5, 5.41) is 5.15. The van der Waals surface area contributed by atoms with Crippen molar-refractivity contribution in [3.05, 3.63) is 63.9 Å². The number of anilines is 1. The number of aryl methyl sites for hydroxylation is 1. The summed E-state index contributed by atoms with van der Waals surface area (Å²) in [6.45, 7) is 6.00. The number of carbonyl (C=O) groups excluding carboxylic acids is 1. The van der Waals surface area contributed by atoms with Gasteiger partial charge in [-0.25, -0.2) is 4.90 Å². The van der Waals surface area contributed by atoms with Gasteiger partial charge in [-0.1, -0.05) is 23.9 Å². The average Bonchev–Trinajstić information content (AvgIpc) is 2.73. The van der Waals surface area contributed by atoms with Gasteiger partial charge in [-0.3, -0.25) is 14.6 Å². The van der Waals surface area contributed by atoms with Gasteiger partial charge in [-0.05, 0) is 60.7 Å². The Bertz CT molecular complexity index is 1190. The molecule has 3 aromatic rings. The number of thioether (sulfide) groups is 1. The summed E-state index contributed by atoms with van der Waals surface area (Å²) in [4.78, 5) is 30.4. The third kappa shape index (κ3) is 3.27. The summed E-state index contributed by atoms with van der Waals surface area (Å²) in [5.74, 6) is 0.658. The molecule has 1 N–H and O–H groups in total. The predicted octanol–water partition coefficient (Wildman–Crippen LogP) is 3.07. The molecule has 2 heterocycles. The van der Waals surface area contributed by atoms with E-state index in [2.05, 4.69) is 10.1 Å². The van der Waals surface area contributed by atoms with E-state index in [4.69, 9.17) is 4.74 Å². The molecule has 0 unspecified atom stereocenters. The molecular weight excluding hydrogens is 400 g/mol. The summed E-state index contributed by atoms with van der Waals surface area (Å²) in [6.07, 6.45) is 1.26. The number of amides is 1. The van der Waals surface area contributed by atoms with Crippen molar-refractivity contribution in [1.29, 1.82) is 0 Å². The Hall–Kier alpha value is -3.13. The minimum Gasteiger partial charge on any atom is -0.494 e. The maximum atomic E-state index is 13.0. The normalized spacial score (nSPS) is 14.8. The Labute approximate surface area is 178 Å². The zero-order valence-corrected chi connectivity index (χ0v) is 18.1. The lowest BCUT2D eigenvalue weighted by molar-refractivity contribution is -0.763. The Morgan fingerprint density at radius 3 is 2.73 bits per heavy atom. The Kier molecular flexibility index (Phi) is 5.34. The largest absolute Gasteiger partial charge is 0.494 e. The second kappa shape index (κ2) is 7.95. The van der Waals surface area contributed by atoms with Gasteiger partial charge in [0, 0.05) is 17.6 Å². The number of H-pyrrole nitrogens is 1. The molecule has 8 heteroatoms. The number of para-hydroxylation sites is 1. The zero-order valence-electron chi connectivity index (χ0n) is 17.3. The first-order valence-corrected chi connectivity index (χ1v) is 10.9. The van der Waals surface area contributed by atoms with E-state index in [0.29, 0.717) is 28.7 Å². The Morgan fingerprint density at radius 1 is 1.30 bits per heavy atom. The van der Waals surface area contributed by atoms with E-state index in [9.17, 15) is 9.59 Å². The standard InChI is InChI=1S/C22H22N4O3S/c1-5-29-18-11-10-15(12-13(18)2)21-25(14(3)27)17-9-7-6-8-16(17)19-20(28)23-22(30-4)24-26(19)21/h6-12,21H,5H2,1-4H3/p+1/t21-/m0/s1. The lowest BCUT2D eigenvalue weighted by Crippen LogP contribution is -2.60. The van der Waals surface area contributed by atoms with E-state index in [1.54, 1.807) is 9.58 Å². The molecule has 0 spiro atoms. The van der Waals surface area contributed by atoms with Crippen LogP contribution in [0, 0.1) is 6.92 Å². The molecule has 0 fully saturated rings. The Balaban J connectivity index is 2.02. The molecule has 0 saturated carbocycles. The molecule has 154 valence electrons. The van der Waals surface area contributed by atoms with Crippen molar-refractivity contribution in [2.45, 2.75) is 32.1 Å². The van der Waals surface area contributed by atoms with Crippen LogP contribution in [0.25, 0.3) is 11.3 Å². The molecule has 1 atom stereocenters. The van der Waals surface area contributed by atoms with E-state index in [1.165, 1.54) is 18.7 Å². The van der Waals surface area contributed by atoms with E-state index in [1.807, 2.05) is 62.6 Å². The van der Waals surface area contributed by atoms with Crippen LogP contribution in [-0.2, 0) is 4.79 Å². The van der Waals surface area contributed by atoms with E-state index in [-0.39, 0.29) is 11.5 Å². The second-order valence-electron chi connectivity index (χ2n) is 6.99. The van der Waals surface area contributed by atoms with Crippen molar-refractivity contribution in [2.75, 3.05) is 17.8 Å². The van der Waals surface area contributed by atoms with Gasteiger partial charge in [0.1, 0.15) is 5.75 Å². The summed E-state index contributed by atoms with van der Waals surface area (Å²) >= 11 is 1.35. The van der Waals surface area contributed by atoms with Gasteiger partial charge in [0.05, 0.1) is 17.9 Å². The minimum absolute atomic E-state index is 0.134. The number of carbonyl (C=O) groups is 1. The van der Waals surface area contributed by atoms with Gasteiger partial charge in [0.15, 0.2) is 0 Å². The highest BCUT2D eigenvalue weighted by Crippen LogP contribution is 2.37. The van der Waals surface area contributed by atoms with Crippen LogP contribution in [0.5, 0.6) is 5.75 Å². The number of ether oxygens (including phenoxy) is 1. The molecule has 1 aromatic heterocycles. The molecule has 4 rings (SSSR count). The minimum atomic E-state index is -0.588. The lowest BCUT2D eigenvalue weighted by atomic mass is 10.0. The summed E-state index contributed by atoms with van der Waals surface area (Å²) in [6, 6.07) is 13.2. The van der Waals surface area contributed by atoms with Gasteiger partial charge in [0.25, 0.3) is 6.17 Å². The van der Waals surface area contributed by atoms with Crippen LogP contribution in [0.4, 0.5) is 5.69 Å². The van der Waals surface area contributed by atoms with Crippen molar-refractivity contribution in [3.63, 3.8) is 0 Å². The molecule has 30 heavy (non-hydrogen) atoms. The molecule has 2 aromatic carbocycles.